The predicted molar refractivity (Wildman–Crippen MR) is 127 cm³/mol. The molecule has 33 heavy (non-hydrogen) atoms. The Bertz CT molecular complexity index is 1240. The highest BCUT2D eigenvalue weighted by molar-refractivity contribution is 6.07. The summed E-state index contributed by atoms with van der Waals surface area (Å²) in [5.74, 6) is 0.719. The highest BCUT2D eigenvalue weighted by atomic mass is 16.3. The Kier molecular flexibility index (Phi) is 5.98. The molecule has 2 aromatic carbocycles. The highest BCUT2D eigenvalue weighted by Gasteiger charge is 2.29. The van der Waals surface area contributed by atoms with Gasteiger partial charge in [0.05, 0.1) is 18.4 Å². The van der Waals surface area contributed by atoms with Gasteiger partial charge in [-0.3, -0.25) is 9.59 Å². The van der Waals surface area contributed by atoms with E-state index in [0.29, 0.717) is 39.0 Å². The first-order valence-electron chi connectivity index (χ1n) is 11.4. The summed E-state index contributed by atoms with van der Waals surface area (Å²) in [7, 11) is 0. The number of amides is 2. The second kappa shape index (κ2) is 9.36. The lowest BCUT2D eigenvalue weighted by molar-refractivity contribution is -0.126. The monoisotopic (exact) mass is 441 g/mol. The molecular weight excluding hydrogens is 414 g/mol. The molecule has 0 unspecified atom stereocenters. The van der Waals surface area contributed by atoms with Gasteiger partial charge in [0.2, 0.25) is 5.91 Å². The molecule has 1 N–H and O–H groups in total. The number of nitrogens with one attached hydrogen (secondary N) is 1. The molecule has 168 valence electrons. The molecule has 0 bridgehead atoms. The average molecular weight is 442 g/mol. The summed E-state index contributed by atoms with van der Waals surface area (Å²) in [5.41, 5.74) is 2.97. The van der Waals surface area contributed by atoms with Gasteiger partial charge in [-0.05, 0) is 36.6 Å². The van der Waals surface area contributed by atoms with Gasteiger partial charge in [-0.25, -0.2) is 0 Å². The van der Waals surface area contributed by atoms with E-state index in [1.807, 2.05) is 59.6 Å². The van der Waals surface area contributed by atoms with E-state index in [9.17, 15) is 9.59 Å². The van der Waals surface area contributed by atoms with Crippen molar-refractivity contribution >= 4 is 22.7 Å². The Morgan fingerprint density at radius 2 is 1.70 bits per heavy atom. The number of nitrogens with zero attached hydrogens (tertiary/aromatic N) is 2. The molecule has 1 aliphatic heterocycles. The van der Waals surface area contributed by atoms with Gasteiger partial charge >= 0.3 is 0 Å². The van der Waals surface area contributed by atoms with Crippen molar-refractivity contribution in [2.75, 3.05) is 13.1 Å². The van der Waals surface area contributed by atoms with Gasteiger partial charge < -0.3 is 19.2 Å². The number of rotatable bonds is 6. The van der Waals surface area contributed by atoms with Crippen LogP contribution in [0.25, 0.3) is 10.9 Å². The zero-order chi connectivity index (χ0) is 22.6. The molecule has 4 aromatic rings. The minimum Gasteiger partial charge on any atom is -0.467 e. The van der Waals surface area contributed by atoms with Gasteiger partial charge in [-0.15, -0.1) is 0 Å². The van der Waals surface area contributed by atoms with Crippen LogP contribution in [0.5, 0.6) is 0 Å². The molecule has 6 heteroatoms. The third-order valence-corrected chi connectivity index (χ3v) is 6.38. The van der Waals surface area contributed by atoms with E-state index in [1.165, 1.54) is 5.56 Å². The first-order chi connectivity index (χ1) is 16.2. The molecule has 2 aromatic heterocycles. The first-order valence-corrected chi connectivity index (χ1v) is 11.4. The quantitative estimate of drug-likeness (QED) is 0.481. The number of aromatic nitrogens is 1. The summed E-state index contributed by atoms with van der Waals surface area (Å²) < 4.78 is 7.42. The van der Waals surface area contributed by atoms with Crippen molar-refractivity contribution in [2.24, 2.45) is 5.92 Å². The van der Waals surface area contributed by atoms with E-state index in [1.54, 1.807) is 6.26 Å². The maximum atomic E-state index is 13.4. The fraction of sp³-hybridized carbons (Fsp3) is 0.259. The number of fused-ring (bicyclic) bond motifs is 1. The number of benzene rings is 2. The van der Waals surface area contributed by atoms with Crippen molar-refractivity contribution in [1.82, 2.24) is 14.8 Å². The SMILES string of the molecule is O=C(NCc1ccco1)C1CCN(C(=O)c2cn(Cc3ccccc3)c3ccccc23)CC1. The van der Waals surface area contributed by atoms with Crippen molar-refractivity contribution in [3.8, 4) is 0 Å². The smallest absolute Gasteiger partial charge is 0.256 e. The van der Waals surface area contributed by atoms with E-state index in [2.05, 4.69) is 28.1 Å². The standard InChI is InChI=1S/C27H27N3O3/c31-26(28-17-22-9-6-16-33-22)21-12-14-29(15-13-21)27(32)24-19-30(18-20-7-2-1-3-8-20)25-11-5-4-10-23(24)25/h1-11,16,19,21H,12-15,17-18H2,(H,28,31). The van der Waals surface area contributed by atoms with E-state index in [0.717, 1.165) is 22.2 Å². The Labute approximate surface area is 192 Å². The van der Waals surface area contributed by atoms with Crippen LogP contribution in [0.1, 0.15) is 34.5 Å². The van der Waals surface area contributed by atoms with Crippen molar-refractivity contribution in [1.29, 1.82) is 0 Å². The van der Waals surface area contributed by atoms with E-state index in [4.69, 9.17) is 4.42 Å². The lowest BCUT2D eigenvalue weighted by Gasteiger charge is -2.31. The van der Waals surface area contributed by atoms with Crippen molar-refractivity contribution in [2.45, 2.75) is 25.9 Å². The van der Waals surface area contributed by atoms with Crippen molar-refractivity contribution in [3.63, 3.8) is 0 Å². The minimum absolute atomic E-state index is 0.0259. The molecule has 1 saturated heterocycles. The van der Waals surface area contributed by atoms with Crippen LogP contribution in [0.2, 0.25) is 0 Å². The minimum atomic E-state index is -0.0802. The molecule has 2 amide bonds. The van der Waals surface area contributed by atoms with Crippen LogP contribution in [0.3, 0.4) is 0 Å². The van der Waals surface area contributed by atoms with Crippen LogP contribution in [-0.4, -0.2) is 34.4 Å². The maximum Gasteiger partial charge on any atom is 0.256 e. The Morgan fingerprint density at radius 1 is 0.939 bits per heavy atom. The second-order valence-electron chi connectivity index (χ2n) is 8.54. The van der Waals surface area contributed by atoms with Crippen LogP contribution >= 0.6 is 0 Å². The van der Waals surface area contributed by atoms with E-state index >= 15 is 0 Å². The lowest BCUT2D eigenvalue weighted by atomic mass is 9.95. The molecule has 6 nitrogen and oxygen atoms in total. The number of para-hydroxylation sites is 1. The van der Waals surface area contributed by atoms with Crippen molar-refractivity contribution < 1.29 is 14.0 Å². The molecule has 0 spiro atoms. The summed E-state index contributed by atoms with van der Waals surface area (Å²) >= 11 is 0. The number of likely N-dealkylation sites (tertiary alicyclic amines) is 1. The zero-order valence-corrected chi connectivity index (χ0v) is 18.4. The Hall–Kier alpha value is -3.80. The molecular formula is C27H27N3O3. The summed E-state index contributed by atoms with van der Waals surface area (Å²) in [5, 5.41) is 3.91. The third kappa shape index (κ3) is 4.55. The van der Waals surface area contributed by atoms with Crippen LogP contribution in [-0.2, 0) is 17.9 Å². The second-order valence-corrected chi connectivity index (χ2v) is 8.54. The van der Waals surface area contributed by atoms with Gasteiger partial charge in [0.25, 0.3) is 5.91 Å². The normalized spacial score (nSPS) is 14.5. The largest absolute Gasteiger partial charge is 0.467 e. The van der Waals surface area contributed by atoms with Gasteiger partial charge in [-0.1, -0.05) is 48.5 Å². The first kappa shape index (κ1) is 21.1. The number of carbonyl (C=O) groups is 2. The fourth-order valence-electron chi connectivity index (χ4n) is 4.57. The number of hydrogen-bond donors (Lipinski definition) is 1. The number of hydrogen-bond acceptors (Lipinski definition) is 3. The van der Waals surface area contributed by atoms with Gasteiger partial charge in [-0.2, -0.15) is 0 Å². The van der Waals surface area contributed by atoms with Crippen molar-refractivity contribution in [3.05, 3.63) is 96.1 Å². The van der Waals surface area contributed by atoms with Gasteiger partial charge in [0.1, 0.15) is 5.76 Å². The molecule has 0 atom stereocenters. The highest BCUT2D eigenvalue weighted by Crippen LogP contribution is 2.26. The number of piperidine rings is 1. The average Bonchev–Trinajstić information content (AvgIpc) is 3.51. The summed E-state index contributed by atoms with van der Waals surface area (Å²) in [6.45, 7) is 2.27. The summed E-state index contributed by atoms with van der Waals surface area (Å²) in [6, 6.07) is 22.0. The Balaban J connectivity index is 1.26. The molecule has 3 heterocycles. The molecule has 1 aliphatic rings. The topological polar surface area (TPSA) is 67.5 Å². The molecule has 1 fully saturated rings. The molecule has 0 saturated carbocycles. The third-order valence-electron chi connectivity index (χ3n) is 6.38. The molecule has 0 radical (unpaired) electrons. The summed E-state index contributed by atoms with van der Waals surface area (Å²) in [4.78, 5) is 27.8. The van der Waals surface area contributed by atoms with Crippen LogP contribution < -0.4 is 5.32 Å². The predicted octanol–water partition coefficient (Wildman–Crippen LogP) is 4.45. The van der Waals surface area contributed by atoms with Crippen LogP contribution in [0, 0.1) is 5.92 Å². The molecule has 5 rings (SSSR count). The van der Waals surface area contributed by atoms with Gasteiger partial charge in [0.15, 0.2) is 0 Å². The lowest BCUT2D eigenvalue weighted by Crippen LogP contribution is -2.42. The number of furan rings is 1. The van der Waals surface area contributed by atoms with Crippen LogP contribution in [0.15, 0.2) is 83.6 Å². The zero-order valence-electron chi connectivity index (χ0n) is 18.4. The Morgan fingerprint density at radius 3 is 2.45 bits per heavy atom. The fourth-order valence-corrected chi connectivity index (χ4v) is 4.57. The van der Waals surface area contributed by atoms with Gasteiger partial charge in [0, 0.05) is 42.7 Å². The molecule has 0 aliphatic carbocycles. The number of carbonyl (C=O) groups excluding carboxylic acids is 2. The maximum absolute atomic E-state index is 13.4. The van der Waals surface area contributed by atoms with E-state index < -0.39 is 0 Å². The summed E-state index contributed by atoms with van der Waals surface area (Å²) in [6.07, 6.45) is 4.90. The van der Waals surface area contributed by atoms with E-state index in [-0.39, 0.29) is 17.7 Å². The van der Waals surface area contributed by atoms with Crippen LogP contribution in [0.4, 0.5) is 0 Å².